The van der Waals surface area contributed by atoms with Crippen LogP contribution >= 0.6 is 11.6 Å². The molecule has 0 bridgehead atoms. The van der Waals surface area contributed by atoms with Crippen molar-refractivity contribution in [1.29, 1.82) is 0 Å². The SMILES string of the molecule is CCn1c(=O)[nH]c(=O)c2c(C(=O)N3CCN(C(=O)c4ccc(F)cc4Cl)CC3)cc(C3CC3)nc21. The Morgan fingerprint density at radius 2 is 1.69 bits per heavy atom. The molecule has 1 saturated heterocycles. The van der Waals surface area contributed by atoms with Crippen LogP contribution in [-0.2, 0) is 6.54 Å². The highest BCUT2D eigenvalue weighted by Crippen LogP contribution is 2.40. The molecule has 0 atom stereocenters. The number of halogens is 2. The van der Waals surface area contributed by atoms with Crippen molar-refractivity contribution in [2.75, 3.05) is 26.2 Å². The van der Waals surface area contributed by atoms with Gasteiger partial charge in [-0.15, -0.1) is 0 Å². The first-order chi connectivity index (χ1) is 16.8. The van der Waals surface area contributed by atoms with Gasteiger partial charge in [0, 0.05) is 44.3 Å². The van der Waals surface area contributed by atoms with Gasteiger partial charge in [-0.05, 0) is 44.0 Å². The van der Waals surface area contributed by atoms with E-state index in [0.29, 0.717) is 12.2 Å². The Kier molecular flexibility index (Phi) is 5.92. The molecule has 1 aromatic carbocycles. The average molecular weight is 500 g/mol. The average Bonchev–Trinajstić information content (AvgIpc) is 3.68. The Balaban J connectivity index is 1.44. The van der Waals surface area contributed by atoms with E-state index in [2.05, 4.69) is 9.97 Å². The van der Waals surface area contributed by atoms with Crippen LogP contribution in [0.15, 0.2) is 33.9 Å². The van der Waals surface area contributed by atoms with Crippen LogP contribution in [0.2, 0.25) is 5.02 Å². The number of H-pyrrole nitrogens is 1. The molecule has 5 rings (SSSR count). The molecule has 0 unspecified atom stereocenters. The van der Waals surface area contributed by atoms with Crippen LogP contribution < -0.4 is 11.2 Å². The van der Waals surface area contributed by atoms with Gasteiger partial charge >= 0.3 is 5.69 Å². The van der Waals surface area contributed by atoms with Crippen molar-refractivity contribution in [3.8, 4) is 0 Å². The number of benzene rings is 1. The third kappa shape index (κ3) is 4.22. The van der Waals surface area contributed by atoms with Gasteiger partial charge in [-0.1, -0.05) is 11.6 Å². The molecule has 0 radical (unpaired) electrons. The van der Waals surface area contributed by atoms with Crippen LogP contribution in [0, 0.1) is 5.82 Å². The van der Waals surface area contributed by atoms with E-state index in [9.17, 15) is 23.6 Å². The second-order valence-corrected chi connectivity index (χ2v) is 9.19. The van der Waals surface area contributed by atoms with Gasteiger partial charge in [0.2, 0.25) is 0 Å². The number of carbonyl (C=O) groups is 2. The number of aromatic nitrogens is 3. The quantitative estimate of drug-likeness (QED) is 0.593. The van der Waals surface area contributed by atoms with Crippen molar-refractivity contribution in [1.82, 2.24) is 24.3 Å². The number of nitrogens with one attached hydrogen (secondary N) is 1. The van der Waals surface area contributed by atoms with Gasteiger partial charge in [-0.3, -0.25) is 23.9 Å². The molecule has 1 saturated carbocycles. The number of rotatable bonds is 4. The smallest absolute Gasteiger partial charge is 0.329 e. The molecule has 182 valence electrons. The maximum absolute atomic E-state index is 13.6. The van der Waals surface area contributed by atoms with Crippen molar-refractivity contribution < 1.29 is 14.0 Å². The predicted molar refractivity (Wildman–Crippen MR) is 127 cm³/mol. The fourth-order valence-corrected chi connectivity index (χ4v) is 4.71. The molecule has 2 aromatic heterocycles. The number of carbonyl (C=O) groups excluding carboxylic acids is 2. The number of aryl methyl sites for hydroxylation is 1. The third-order valence-corrected chi connectivity index (χ3v) is 6.84. The highest BCUT2D eigenvalue weighted by Gasteiger charge is 2.32. The monoisotopic (exact) mass is 499 g/mol. The van der Waals surface area contributed by atoms with Crippen LogP contribution in [0.5, 0.6) is 0 Å². The molecule has 2 aliphatic rings. The molecule has 0 spiro atoms. The zero-order valence-electron chi connectivity index (χ0n) is 19.0. The lowest BCUT2D eigenvalue weighted by molar-refractivity contribution is 0.0536. The van der Waals surface area contributed by atoms with Gasteiger partial charge in [0.05, 0.1) is 21.5 Å². The molecule has 2 amide bonds. The first-order valence-electron chi connectivity index (χ1n) is 11.5. The van der Waals surface area contributed by atoms with E-state index in [1.54, 1.807) is 22.8 Å². The molecule has 3 heterocycles. The molecule has 1 aliphatic carbocycles. The minimum absolute atomic E-state index is 0.0329. The summed E-state index contributed by atoms with van der Waals surface area (Å²) >= 11 is 6.04. The lowest BCUT2D eigenvalue weighted by Crippen LogP contribution is -2.50. The van der Waals surface area contributed by atoms with E-state index in [1.165, 1.54) is 16.7 Å². The summed E-state index contributed by atoms with van der Waals surface area (Å²) in [7, 11) is 0. The number of piperazine rings is 1. The summed E-state index contributed by atoms with van der Waals surface area (Å²) in [5, 5.41) is 0.128. The summed E-state index contributed by atoms with van der Waals surface area (Å²) in [6, 6.07) is 5.28. The van der Waals surface area contributed by atoms with Gasteiger partial charge in [-0.25, -0.2) is 14.2 Å². The number of aromatic amines is 1. The zero-order valence-corrected chi connectivity index (χ0v) is 19.8. The fourth-order valence-electron chi connectivity index (χ4n) is 4.46. The topological polar surface area (TPSA) is 108 Å². The van der Waals surface area contributed by atoms with Gasteiger partial charge in [0.25, 0.3) is 17.4 Å². The summed E-state index contributed by atoms with van der Waals surface area (Å²) in [5.74, 6) is -1.00. The van der Waals surface area contributed by atoms with E-state index in [0.717, 1.165) is 18.9 Å². The van der Waals surface area contributed by atoms with Gasteiger partial charge in [0.1, 0.15) is 5.82 Å². The molecule has 35 heavy (non-hydrogen) atoms. The van der Waals surface area contributed by atoms with E-state index in [4.69, 9.17) is 11.6 Å². The third-order valence-electron chi connectivity index (χ3n) is 6.53. The van der Waals surface area contributed by atoms with Gasteiger partial charge in [0.15, 0.2) is 5.65 Å². The minimum Gasteiger partial charge on any atom is -0.335 e. The Hall–Kier alpha value is -3.53. The lowest BCUT2D eigenvalue weighted by Gasteiger charge is -2.35. The molecule has 9 nitrogen and oxygen atoms in total. The second-order valence-electron chi connectivity index (χ2n) is 8.78. The van der Waals surface area contributed by atoms with E-state index < -0.39 is 17.1 Å². The first kappa shape index (κ1) is 23.2. The summed E-state index contributed by atoms with van der Waals surface area (Å²) in [6.07, 6.45) is 1.89. The molecule has 11 heteroatoms. The van der Waals surface area contributed by atoms with Gasteiger partial charge in [-0.2, -0.15) is 0 Å². The number of hydrogen-bond acceptors (Lipinski definition) is 5. The number of nitrogens with zero attached hydrogens (tertiary/aromatic N) is 4. The maximum atomic E-state index is 13.6. The molecule has 1 N–H and O–H groups in total. The Morgan fingerprint density at radius 1 is 1.06 bits per heavy atom. The summed E-state index contributed by atoms with van der Waals surface area (Å²) in [6.45, 7) is 3.08. The standard InChI is InChI=1S/C24H23ClFN5O4/c1-2-31-20-19(21(32)28-24(31)35)16(12-18(27-20)13-3-4-13)23(34)30-9-7-29(8-10-30)22(33)15-6-5-14(26)11-17(15)25/h5-6,11-13H,2-4,7-10H2,1H3,(H,28,32,35). The number of fused-ring (bicyclic) bond motifs is 1. The van der Waals surface area contributed by atoms with Crippen LogP contribution in [0.25, 0.3) is 11.0 Å². The van der Waals surface area contributed by atoms with Gasteiger partial charge < -0.3 is 9.80 Å². The van der Waals surface area contributed by atoms with Crippen LogP contribution in [0.3, 0.4) is 0 Å². The van der Waals surface area contributed by atoms with E-state index in [1.807, 2.05) is 0 Å². The highest BCUT2D eigenvalue weighted by molar-refractivity contribution is 6.33. The molecular weight excluding hydrogens is 477 g/mol. The van der Waals surface area contributed by atoms with Crippen LogP contribution in [0.4, 0.5) is 4.39 Å². The summed E-state index contributed by atoms with van der Waals surface area (Å²) in [4.78, 5) is 61.5. The van der Waals surface area contributed by atoms with Crippen molar-refractivity contribution in [3.63, 3.8) is 0 Å². The summed E-state index contributed by atoms with van der Waals surface area (Å²) in [5.41, 5.74) is 0.123. The van der Waals surface area contributed by atoms with Crippen LogP contribution in [0.1, 0.15) is 52.1 Å². The van der Waals surface area contributed by atoms with Crippen LogP contribution in [-0.4, -0.2) is 62.3 Å². The minimum atomic E-state index is -0.646. The molecule has 2 fully saturated rings. The Labute approximate surface area is 204 Å². The van der Waals surface area contributed by atoms with Crippen molar-refractivity contribution in [3.05, 3.63) is 72.8 Å². The van der Waals surface area contributed by atoms with Crippen molar-refractivity contribution >= 4 is 34.4 Å². The van der Waals surface area contributed by atoms with E-state index >= 15 is 0 Å². The molecule has 3 aromatic rings. The number of hydrogen-bond donors (Lipinski definition) is 1. The molecular formula is C24H23ClFN5O4. The van der Waals surface area contributed by atoms with Crippen molar-refractivity contribution in [2.45, 2.75) is 32.2 Å². The number of amides is 2. The van der Waals surface area contributed by atoms with E-state index in [-0.39, 0.29) is 71.1 Å². The Morgan fingerprint density at radius 3 is 2.26 bits per heavy atom. The molecule has 1 aliphatic heterocycles. The first-order valence-corrected chi connectivity index (χ1v) is 11.9. The largest absolute Gasteiger partial charge is 0.335 e. The zero-order chi connectivity index (χ0) is 24.9. The maximum Gasteiger partial charge on any atom is 0.329 e. The summed E-state index contributed by atoms with van der Waals surface area (Å²) < 4.78 is 14.7. The number of pyridine rings is 1. The fraction of sp³-hybridized carbons (Fsp3) is 0.375. The lowest BCUT2D eigenvalue weighted by atomic mass is 10.1. The highest BCUT2D eigenvalue weighted by atomic mass is 35.5. The van der Waals surface area contributed by atoms with Crippen molar-refractivity contribution in [2.24, 2.45) is 0 Å². The second kappa shape index (κ2) is 8.92. The predicted octanol–water partition coefficient (Wildman–Crippen LogP) is 2.37. The Bertz CT molecular complexity index is 1470. The normalized spacial score (nSPS) is 16.1.